The van der Waals surface area contributed by atoms with Crippen molar-refractivity contribution in [1.29, 1.82) is 0 Å². The van der Waals surface area contributed by atoms with E-state index in [4.69, 9.17) is 4.74 Å². The number of carbonyl (C=O) groups is 4. The van der Waals surface area contributed by atoms with Crippen molar-refractivity contribution in [2.45, 2.75) is 25.7 Å². The Morgan fingerprint density at radius 2 is 0.903 bits per heavy atom. The first-order valence-electron chi connectivity index (χ1n) is 10.0. The fraction of sp³-hybridized carbons (Fsp3) is 0.273. The highest BCUT2D eigenvalue weighted by molar-refractivity contribution is 6.02. The third-order valence-corrected chi connectivity index (χ3v) is 5.14. The summed E-state index contributed by atoms with van der Waals surface area (Å²) in [5, 5.41) is 6.12. The van der Waals surface area contributed by atoms with Gasteiger partial charge in [-0.05, 0) is 48.5 Å². The molecule has 4 rings (SSSR count). The summed E-state index contributed by atoms with van der Waals surface area (Å²) in [6, 6.07) is 14.4. The Hall–Kier alpha value is -3.88. The number of benzene rings is 2. The highest BCUT2D eigenvalue weighted by atomic mass is 16.5. The van der Waals surface area contributed by atoms with Crippen molar-refractivity contribution in [2.24, 2.45) is 0 Å². The van der Waals surface area contributed by atoms with Crippen LogP contribution in [0.1, 0.15) is 25.7 Å². The number of hydrogen-bond acceptors (Lipinski definition) is 7. The first kappa shape index (κ1) is 20.4. The predicted octanol–water partition coefficient (Wildman–Crippen LogP) is 2.52. The number of imide groups is 2. The highest BCUT2D eigenvalue weighted by Gasteiger charge is 2.29. The van der Waals surface area contributed by atoms with Crippen LogP contribution >= 0.6 is 0 Å². The molecule has 9 heteroatoms. The SMILES string of the molecule is O=C1CCC(=O)N1CNc1ccc(Oc2ccc(NCN3C(=O)CCC3=O)cc2)cc1. The number of anilines is 2. The molecule has 0 aliphatic carbocycles. The summed E-state index contributed by atoms with van der Waals surface area (Å²) in [7, 11) is 0. The van der Waals surface area contributed by atoms with Crippen molar-refractivity contribution in [3.63, 3.8) is 0 Å². The molecular formula is C22H22N4O5. The van der Waals surface area contributed by atoms with Crippen LogP contribution in [-0.2, 0) is 19.2 Å². The Morgan fingerprint density at radius 3 is 1.23 bits per heavy atom. The molecule has 2 N–H and O–H groups in total. The first-order chi connectivity index (χ1) is 15.0. The van der Waals surface area contributed by atoms with Crippen molar-refractivity contribution in [3.05, 3.63) is 48.5 Å². The summed E-state index contributed by atoms with van der Waals surface area (Å²) >= 11 is 0. The van der Waals surface area contributed by atoms with E-state index >= 15 is 0 Å². The van der Waals surface area contributed by atoms with Gasteiger partial charge in [0.1, 0.15) is 11.5 Å². The van der Waals surface area contributed by atoms with Crippen LogP contribution in [0.2, 0.25) is 0 Å². The van der Waals surface area contributed by atoms with E-state index in [1.807, 2.05) is 0 Å². The van der Waals surface area contributed by atoms with Crippen LogP contribution in [0.3, 0.4) is 0 Å². The molecule has 2 saturated heterocycles. The Labute approximate surface area is 179 Å². The summed E-state index contributed by atoms with van der Waals surface area (Å²) in [5.41, 5.74) is 1.54. The van der Waals surface area contributed by atoms with Gasteiger partial charge in [0.2, 0.25) is 23.6 Å². The lowest BCUT2D eigenvalue weighted by Crippen LogP contribution is -2.33. The third-order valence-electron chi connectivity index (χ3n) is 5.14. The quantitative estimate of drug-likeness (QED) is 0.629. The van der Waals surface area contributed by atoms with Gasteiger partial charge in [0.25, 0.3) is 0 Å². The molecule has 31 heavy (non-hydrogen) atoms. The van der Waals surface area contributed by atoms with Crippen LogP contribution in [0.5, 0.6) is 11.5 Å². The van der Waals surface area contributed by atoms with Crippen molar-refractivity contribution >= 4 is 35.0 Å². The number of nitrogens with zero attached hydrogens (tertiary/aromatic N) is 2. The topological polar surface area (TPSA) is 108 Å². The van der Waals surface area contributed by atoms with Gasteiger partial charge >= 0.3 is 0 Å². The molecule has 0 bridgehead atoms. The standard InChI is InChI=1S/C22H22N4O5/c27-19-9-10-20(28)25(19)13-23-15-1-5-17(6-2-15)31-18-7-3-16(4-8-18)24-14-26-21(29)11-12-22(26)30/h1-8,23-24H,9-14H2. The van der Waals surface area contributed by atoms with Crippen LogP contribution in [0.25, 0.3) is 0 Å². The van der Waals surface area contributed by atoms with Gasteiger partial charge < -0.3 is 15.4 Å². The molecule has 2 aliphatic heterocycles. The number of carbonyl (C=O) groups excluding carboxylic acids is 4. The molecule has 0 unspecified atom stereocenters. The molecule has 2 aromatic rings. The van der Waals surface area contributed by atoms with Gasteiger partial charge in [-0.25, -0.2) is 0 Å². The van der Waals surface area contributed by atoms with Crippen molar-refractivity contribution in [1.82, 2.24) is 9.80 Å². The van der Waals surface area contributed by atoms with Gasteiger partial charge in [0.15, 0.2) is 0 Å². The maximum Gasteiger partial charge on any atom is 0.231 e. The summed E-state index contributed by atoms with van der Waals surface area (Å²) in [5.74, 6) is 0.631. The average Bonchev–Trinajstić information content (AvgIpc) is 3.27. The molecule has 160 valence electrons. The number of likely N-dealkylation sites (tertiary alicyclic amines) is 2. The van der Waals surface area contributed by atoms with Crippen LogP contribution in [0, 0.1) is 0 Å². The molecular weight excluding hydrogens is 400 g/mol. The first-order valence-corrected chi connectivity index (χ1v) is 10.0. The number of ether oxygens (including phenoxy) is 1. The van der Waals surface area contributed by atoms with Gasteiger partial charge in [0, 0.05) is 37.1 Å². The van der Waals surface area contributed by atoms with Crippen LogP contribution in [0.15, 0.2) is 48.5 Å². The van der Waals surface area contributed by atoms with Gasteiger partial charge in [-0.2, -0.15) is 0 Å². The summed E-state index contributed by atoms with van der Waals surface area (Å²) in [4.78, 5) is 49.0. The Kier molecular flexibility index (Phi) is 5.83. The molecule has 0 aromatic heterocycles. The van der Waals surface area contributed by atoms with E-state index in [-0.39, 0.29) is 62.6 Å². The number of amides is 4. The smallest absolute Gasteiger partial charge is 0.231 e. The lowest BCUT2D eigenvalue weighted by molar-refractivity contribution is -0.139. The zero-order valence-electron chi connectivity index (χ0n) is 16.8. The van der Waals surface area contributed by atoms with Crippen molar-refractivity contribution < 1.29 is 23.9 Å². The van der Waals surface area contributed by atoms with E-state index in [1.165, 1.54) is 9.80 Å². The maximum atomic E-state index is 11.6. The Bertz CT molecular complexity index is 890. The Morgan fingerprint density at radius 1 is 0.581 bits per heavy atom. The fourth-order valence-electron chi connectivity index (χ4n) is 3.36. The largest absolute Gasteiger partial charge is 0.457 e. The minimum Gasteiger partial charge on any atom is -0.457 e. The molecule has 4 amide bonds. The van der Waals surface area contributed by atoms with Crippen molar-refractivity contribution in [3.8, 4) is 11.5 Å². The van der Waals surface area contributed by atoms with Gasteiger partial charge in [0.05, 0.1) is 13.3 Å². The van der Waals surface area contributed by atoms with E-state index in [2.05, 4.69) is 10.6 Å². The molecule has 0 radical (unpaired) electrons. The van der Waals surface area contributed by atoms with Gasteiger partial charge in [-0.1, -0.05) is 0 Å². The number of nitrogens with one attached hydrogen (secondary N) is 2. The van der Waals surface area contributed by atoms with Gasteiger partial charge in [-0.15, -0.1) is 0 Å². The summed E-state index contributed by atoms with van der Waals surface area (Å²) in [6.45, 7) is 0.307. The van der Waals surface area contributed by atoms with Crippen LogP contribution in [-0.4, -0.2) is 46.8 Å². The summed E-state index contributed by atoms with van der Waals surface area (Å²) in [6.07, 6.45) is 1.10. The van der Waals surface area contributed by atoms with E-state index in [0.29, 0.717) is 11.5 Å². The van der Waals surface area contributed by atoms with Gasteiger partial charge in [-0.3, -0.25) is 29.0 Å². The Balaban J connectivity index is 1.27. The average molecular weight is 422 g/mol. The van der Waals surface area contributed by atoms with Crippen LogP contribution < -0.4 is 15.4 Å². The second-order valence-corrected chi connectivity index (χ2v) is 7.25. The molecule has 9 nitrogen and oxygen atoms in total. The molecule has 2 aromatic carbocycles. The molecule has 2 aliphatic rings. The number of hydrogen-bond donors (Lipinski definition) is 2. The molecule has 0 atom stereocenters. The normalized spacial score (nSPS) is 16.3. The van der Waals surface area contributed by atoms with E-state index in [0.717, 1.165) is 11.4 Å². The number of rotatable bonds is 8. The van der Waals surface area contributed by atoms with E-state index in [1.54, 1.807) is 48.5 Å². The molecule has 0 saturated carbocycles. The second-order valence-electron chi connectivity index (χ2n) is 7.25. The minimum atomic E-state index is -0.158. The lowest BCUT2D eigenvalue weighted by Gasteiger charge is -2.16. The lowest BCUT2D eigenvalue weighted by atomic mass is 10.3. The minimum absolute atomic E-state index is 0.154. The summed E-state index contributed by atoms with van der Waals surface area (Å²) < 4.78 is 5.82. The van der Waals surface area contributed by atoms with E-state index < -0.39 is 0 Å². The third kappa shape index (κ3) is 4.82. The predicted molar refractivity (Wildman–Crippen MR) is 112 cm³/mol. The molecule has 2 fully saturated rings. The zero-order valence-corrected chi connectivity index (χ0v) is 16.8. The monoisotopic (exact) mass is 422 g/mol. The fourth-order valence-corrected chi connectivity index (χ4v) is 3.36. The second kappa shape index (κ2) is 8.86. The highest BCUT2D eigenvalue weighted by Crippen LogP contribution is 2.25. The molecule has 0 spiro atoms. The zero-order chi connectivity index (χ0) is 21.8. The maximum absolute atomic E-state index is 11.6. The molecule has 2 heterocycles. The van der Waals surface area contributed by atoms with Crippen molar-refractivity contribution in [2.75, 3.05) is 24.0 Å². The van der Waals surface area contributed by atoms with E-state index in [9.17, 15) is 19.2 Å². The van der Waals surface area contributed by atoms with Crippen LogP contribution in [0.4, 0.5) is 11.4 Å².